The molecule has 0 spiro atoms. The molecule has 1 fully saturated rings. The second kappa shape index (κ2) is 5.97. The van der Waals surface area contributed by atoms with Crippen LogP contribution >= 0.6 is 0 Å². The highest BCUT2D eigenvalue weighted by Gasteiger charge is 2.36. The number of hydrogen-bond acceptors (Lipinski definition) is 2. The van der Waals surface area contributed by atoms with E-state index in [-0.39, 0.29) is 17.0 Å². The predicted molar refractivity (Wildman–Crippen MR) is 76.0 cm³/mol. The average molecular weight is 301 g/mol. The minimum absolute atomic E-state index is 0.0573. The molecule has 0 bridgehead atoms. The van der Waals surface area contributed by atoms with Crippen LogP contribution in [0.5, 0.6) is 0 Å². The molecule has 1 aromatic rings. The maximum Gasteiger partial charge on any atom is 0.416 e. The third kappa shape index (κ3) is 3.98. The van der Waals surface area contributed by atoms with E-state index in [0.717, 1.165) is 12.5 Å². The molecular weight excluding hydrogens is 279 g/mol. The van der Waals surface area contributed by atoms with Crippen LogP contribution in [0.2, 0.25) is 0 Å². The molecule has 1 aliphatic rings. The Morgan fingerprint density at radius 3 is 2.43 bits per heavy atom. The van der Waals surface area contributed by atoms with Crippen LogP contribution in [-0.2, 0) is 10.9 Å². The Morgan fingerprint density at radius 1 is 1.14 bits per heavy atom. The van der Waals surface area contributed by atoms with Crippen LogP contribution in [0, 0.1) is 5.41 Å². The summed E-state index contributed by atoms with van der Waals surface area (Å²) in [6.07, 6.45) is -4.11. The van der Waals surface area contributed by atoms with Crippen LogP contribution < -0.4 is 5.32 Å². The molecule has 0 saturated carbocycles. The van der Waals surface area contributed by atoms with Crippen LogP contribution in [0.4, 0.5) is 13.2 Å². The summed E-state index contributed by atoms with van der Waals surface area (Å²) in [5, 5.41) is 3.36. The zero-order chi connectivity index (χ0) is 15.7. The van der Waals surface area contributed by atoms with Crippen molar-refractivity contribution in [2.24, 2.45) is 5.41 Å². The van der Waals surface area contributed by atoms with E-state index in [9.17, 15) is 13.2 Å². The Labute approximate surface area is 123 Å². The summed E-state index contributed by atoms with van der Waals surface area (Å²) in [4.78, 5) is 0. The molecule has 0 amide bonds. The highest BCUT2D eigenvalue weighted by molar-refractivity contribution is 5.32. The fourth-order valence-electron chi connectivity index (χ4n) is 2.71. The molecule has 1 heterocycles. The summed E-state index contributed by atoms with van der Waals surface area (Å²) >= 11 is 0. The molecule has 118 valence electrons. The maximum atomic E-state index is 13.1. The van der Waals surface area contributed by atoms with Gasteiger partial charge in [0.15, 0.2) is 0 Å². The molecule has 1 aromatic carbocycles. The van der Waals surface area contributed by atoms with Gasteiger partial charge < -0.3 is 10.1 Å². The lowest BCUT2D eigenvalue weighted by atomic mass is 9.85. The quantitative estimate of drug-likeness (QED) is 0.840. The second-order valence-corrected chi connectivity index (χ2v) is 6.56. The van der Waals surface area contributed by atoms with Crippen LogP contribution in [0.1, 0.15) is 44.4 Å². The van der Waals surface area contributed by atoms with E-state index in [1.807, 2.05) is 0 Å². The molecule has 2 nitrogen and oxygen atoms in total. The van der Waals surface area contributed by atoms with Crippen molar-refractivity contribution in [2.45, 2.75) is 45.5 Å². The van der Waals surface area contributed by atoms with Gasteiger partial charge in [0.05, 0.1) is 11.7 Å². The van der Waals surface area contributed by atoms with Gasteiger partial charge in [0.1, 0.15) is 0 Å². The number of rotatable bonds is 1. The lowest BCUT2D eigenvalue weighted by Crippen LogP contribution is -2.40. The van der Waals surface area contributed by atoms with E-state index in [4.69, 9.17) is 4.74 Å². The highest BCUT2D eigenvalue weighted by Crippen LogP contribution is 2.36. The summed E-state index contributed by atoms with van der Waals surface area (Å²) in [6, 6.07) is 5.90. The number of halogens is 3. The Morgan fingerprint density at radius 2 is 1.81 bits per heavy atom. The van der Waals surface area contributed by atoms with Gasteiger partial charge in [-0.05, 0) is 23.5 Å². The van der Waals surface area contributed by atoms with E-state index in [1.54, 1.807) is 6.07 Å². The Kier molecular flexibility index (Phi) is 4.63. The third-order valence-electron chi connectivity index (χ3n) is 3.93. The Hall–Kier alpha value is -1.07. The molecule has 2 unspecified atom stereocenters. The van der Waals surface area contributed by atoms with Crippen LogP contribution in [0.15, 0.2) is 24.3 Å². The normalized spacial score (nSPS) is 24.7. The summed E-state index contributed by atoms with van der Waals surface area (Å²) in [6.45, 7) is 7.22. The molecule has 1 saturated heterocycles. The molecule has 2 rings (SSSR count). The molecule has 0 radical (unpaired) electrons. The molecule has 0 aliphatic carbocycles. The number of ether oxygens (including phenoxy) is 1. The van der Waals surface area contributed by atoms with Crippen molar-refractivity contribution in [3.63, 3.8) is 0 Å². The molecule has 1 N–H and O–H groups in total. The standard InChI is InChI=1S/C16H22F3NO/c1-15(2,3)14-8-9-21-13(10-20-14)11-6-4-5-7-12(11)16(17,18)19/h4-7,13-14,20H,8-10H2,1-3H3. The van der Waals surface area contributed by atoms with Crippen molar-refractivity contribution >= 4 is 0 Å². The van der Waals surface area contributed by atoms with Gasteiger partial charge in [-0.3, -0.25) is 0 Å². The molecule has 5 heteroatoms. The SMILES string of the molecule is CC(C)(C)C1CCOC(c2ccccc2C(F)(F)F)CN1. The monoisotopic (exact) mass is 301 g/mol. The molecule has 21 heavy (non-hydrogen) atoms. The largest absolute Gasteiger partial charge is 0.416 e. The van der Waals surface area contributed by atoms with Crippen molar-refractivity contribution in [2.75, 3.05) is 13.2 Å². The predicted octanol–water partition coefficient (Wildman–Crippen LogP) is 4.17. The Balaban J connectivity index is 2.21. The molecule has 1 aliphatic heterocycles. The van der Waals surface area contributed by atoms with Gasteiger partial charge >= 0.3 is 6.18 Å². The average Bonchev–Trinajstić information content (AvgIpc) is 2.63. The summed E-state index contributed by atoms with van der Waals surface area (Å²) in [7, 11) is 0. The first-order valence-electron chi connectivity index (χ1n) is 7.20. The number of alkyl halides is 3. The topological polar surface area (TPSA) is 21.3 Å². The summed E-state index contributed by atoms with van der Waals surface area (Å²) in [5.74, 6) is 0. The van der Waals surface area contributed by atoms with E-state index in [1.165, 1.54) is 12.1 Å². The van der Waals surface area contributed by atoms with Gasteiger partial charge in [-0.1, -0.05) is 39.0 Å². The first kappa shape index (κ1) is 16.3. The summed E-state index contributed by atoms with van der Waals surface area (Å²) in [5.41, 5.74) is -0.333. The Bertz CT molecular complexity index is 479. The number of hydrogen-bond donors (Lipinski definition) is 1. The summed E-state index contributed by atoms with van der Waals surface area (Å²) < 4.78 is 45.0. The van der Waals surface area contributed by atoms with E-state index in [0.29, 0.717) is 13.2 Å². The van der Waals surface area contributed by atoms with E-state index in [2.05, 4.69) is 26.1 Å². The first-order valence-corrected chi connectivity index (χ1v) is 7.20. The van der Waals surface area contributed by atoms with Gasteiger partial charge in [0.25, 0.3) is 0 Å². The third-order valence-corrected chi connectivity index (χ3v) is 3.93. The van der Waals surface area contributed by atoms with Gasteiger partial charge in [-0.2, -0.15) is 13.2 Å². The van der Waals surface area contributed by atoms with E-state index >= 15 is 0 Å². The zero-order valence-corrected chi connectivity index (χ0v) is 12.6. The van der Waals surface area contributed by atoms with Crippen molar-refractivity contribution < 1.29 is 17.9 Å². The van der Waals surface area contributed by atoms with Gasteiger partial charge in [-0.25, -0.2) is 0 Å². The first-order chi connectivity index (χ1) is 9.69. The fourth-order valence-corrected chi connectivity index (χ4v) is 2.71. The minimum atomic E-state index is -4.35. The van der Waals surface area contributed by atoms with Gasteiger partial charge in [0.2, 0.25) is 0 Å². The maximum absolute atomic E-state index is 13.1. The van der Waals surface area contributed by atoms with Gasteiger partial charge in [-0.15, -0.1) is 0 Å². The molecular formula is C16H22F3NO. The van der Waals surface area contributed by atoms with E-state index < -0.39 is 17.8 Å². The lowest BCUT2D eigenvalue weighted by molar-refractivity contribution is -0.139. The molecule has 2 atom stereocenters. The van der Waals surface area contributed by atoms with Gasteiger partial charge in [0, 0.05) is 19.2 Å². The van der Waals surface area contributed by atoms with Crippen molar-refractivity contribution in [3.05, 3.63) is 35.4 Å². The highest BCUT2D eigenvalue weighted by atomic mass is 19.4. The smallest absolute Gasteiger partial charge is 0.372 e. The number of benzene rings is 1. The molecule has 0 aromatic heterocycles. The van der Waals surface area contributed by atoms with Crippen molar-refractivity contribution in [1.29, 1.82) is 0 Å². The zero-order valence-electron chi connectivity index (χ0n) is 12.6. The lowest BCUT2D eigenvalue weighted by Gasteiger charge is -2.30. The second-order valence-electron chi connectivity index (χ2n) is 6.56. The number of nitrogens with one attached hydrogen (secondary N) is 1. The minimum Gasteiger partial charge on any atom is -0.372 e. The van der Waals surface area contributed by atoms with Crippen LogP contribution in [0.25, 0.3) is 0 Å². The van der Waals surface area contributed by atoms with Crippen molar-refractivity contribution in [3.8, 4) is 0 Å². The fraction of sp³-hybridized carbons (Fsp3) is 0.625. The van der Waals surface area contributed by atoms with Crippen molar-refractivity contribution in [1.82, 2.24) is 5.32 Å². The van der Waals surface area contributed by atoms with Crippen LogP contribution in [0.3, 0.4) is 0 Å². The van der Waals surface area contributed by atoms with Crippen LogP contribution in [-0.4, -0.2) is 19.2 Å².